The molecule has 9 N–H and O–H groups in total. The van der Waals surface area contributed by atoms with Crippen LogP contribution < -0.4 is 33.2 Å². The molecule has 0 bridgehead atoms. The molecule has 0 saturated heterocycles. The third kappa shape index (κ3) is 11.9. The highest BCUT2D eigenvalue weighted by Gasteiger charge is 2.45. The standard InChI is InChI=1S/2C22H20N4O.C21H19N5O/c2*1-2-13-5-3-4-6-17(13)14-7-15-10-21(25-12-19(15)20(24)9-14)26-22(27)18-8-16(18)11-23;1-11-3-12(2)24-9-17(11)13-4-14-7-20(25-10-18(14)19(23)6-13)26-21(27)16-5-15(16)8-22/h2*3-7,9-10,12,16,18H,2,8,24H2,1H3,(H,25,26,27);3-4,6-7,9-10,15-16H,5,23H2,1-2H3,(H,25,26,27)/t16-,18+;16-,18-;15-,16+/m100/s1. The van der Waals surface area contributed by atoms with Gasteiger partial charge in [0.2, 0.25) is 17.7 Å². The Balaban J connectivity index is 0.000000136. The third-order valence-electron chi connectivity index (χ3n) is 15.2. The molecule has 3 amide bonds. The Hall–Kier alpha value is -10.2. The Bertz CT molecular complexity index is 3940. The summed E-state index contributed by atoms with van der Waals surface area (Å²) in [6.45, 7) is 8.27. The Morgan fingerprint density at radius 2 is 0.827 bits per heavy atom. The molecular weight excluding hydrogens is 1010 g/mol. The van der Waals surface area contributed by atoms with Crippen molar-refractivity contribution in [3.63, 3.8) is 0 Å². The lowest BCUT2D eigenvalue weighted by molar-refractivity contribution is -0.118. The molecule has 16 heteroatoms. The van der Waals surface area contributed by atoms with Crippen molar-refractivity contribution in [2.45, 2.75) is 59.8 Å². The van der Waals surface area contributed by atoms with Crippen LogP contribution in [0.5, 0.6) is 0 Å². The molecule has 4 aromatic heterocycles. The molecule has 0 radical (unpaired) electrons. The number of nitrogens with zero attached hydrogens (tertiary/aromatic N) is 7. The fourth-order valence-electron chi connectivity index (χ4n) is 10.3. The molecule has 9 aromatic rings. The molecule has 3 fully saturated rings. The van der Waals surface area contributed by atoms with Crippen molar-refractivity contribution < 1.29 is 14.4 Å². The van der Waals surface area contributed by atoms with Crippen LogP contribution in [0.1, 0.15) is 55.5 Å². The number of hydrogen-bond acceptors (Lipinski definition) is 13. The number of nitrogens with two attached hydrogens (primary N) is 3. The molecule has 3 aliphatic carbocycles. The molecule has 3 saturated carbocycles. The maximum atomic E-state index is 12.2. The lowest BCUT2D eigenvalue weighted by Gasteiger charge is -2.12. The molecule has 16 nitrogen and oxygen atoms in total. The normalized spacial score (nSPS) is 18.1. The predicted octanol–water partition coefficient (Wildman–Crippen LogP) is 11.9. The zero-order valence-electron chi connectivity index (χ0n) is 45.3. The van der Waals surface area contributed by atoms with Crippen LogP contribution in [-0.2, 0) is 27.2 Å². The number of nitrogen functional groups attached to an aromatic ring is 3. The van der Waals surface area contributed by atoms with Gasteiger partial charge in [-0.05, 0) is 167 Å². The highest BCUT2D eigenvalue weighted by molar-refractivity contribution is 6.03. The molecule has 0 spiro atoms. The van der Waals surface area contributed by atoms with Gasteiger partial charge in [0.15, 0.2) is 0 Å². The number of pyridine rings is 4. The third-order valence-corrected chi connectivity index (χ3v) is 15.2. The lowest BCUT2D eigenvalue weighted by Crippen LogP contribution is -2.15. The van der Waals surface area contributed by atoms with E-state index in [4.69, 9.17) is 33.0 Å². The minimum absolute atomic E-state index is 0.145. The van der Waals surface area contributed by atoms with E-state index in [-0.39, 0.29) is 53.2 Å². The topological polar surface area (TPSA) is 288 Å². The summed E-state index contributed by atoms with van der Waals surface area (Å²) in [6.07, 6.45) is 10.6. The van der Waals surface area contributed by atoms with Crippen molar-refractivity contribution in [2.75, 3.05) is 33.2 Å². The van der Waals surface area contributed by atoms with E-state index < -0.39 is 0 Å². The largest absolute Gasteiger partial charge is 0.398 e. The number of aromatic nitrogens is 4. The van der Waals surface area contributed by atoms with Crippen molar-refractivity contribution in [3.8, 4) is 51.6 Å². The van der Waals surface area contributed by atoms with Crippen molar-refractivity contribution >= 4 is 84.6 Å². The summed E-state index contributed by atoms with van der Waals surface area (Å²) in [5.41, 5.74) is 31.7. The summed E-state index contributed by atoms with van der Waals surface area (Å²) in [6, 6.07) is 42.5. The van der Waals surface area contributed by atoms with Gasteiger partial charge >= 0.3 is 0 Å². The Morgan fingerprint density at radius 1 is 0.481 bits per heavy atom. The van der Waals surface area contributed by atoms with E-state index in [0.29, 0.717) is 53.8 Å². The van der Waals surface area contributed by atoms with Gasteiger partial charge in [-0.15, -0.1) is 0 Å². The van der Waals surface area contributed by atoms with Crippen LogP contribution >= 0.6 is 0 Å². The van der Waals surface area contributed by atoms with Gasteiger partial charge < -0.3 is 33.2 Å². The van der Waals surface area contributed by atoms with Crippen LogP contribution in [0.4, 0.5) is 34.5 Å². The first-order valence-corrected chi connectivity index (χ1v) is 27.0. The number of rotatable bonds is 11. The van der Waals surface area contributed by atoms with Gasteiger partial charge in [-0.25, -0.2) is 15.0 Å². The monoisotopic (exact) mass is 1070 g/mol. The summed E-state index contributed by atoms with van der Waals surface area (Å²) in [5, 5.41) is 40.4. The quantitative estimate of drug-likeness (QED) is 0.0658. The lowest BCUT2D eigenvalue weighted by atomic mass is 9.95. The first-order valence-electron chi connectivity index (χ1n) is 27.0. The zero-order chi connectivity index (χ0) is 57.1. The van der Waals surface area contributed by atoms with Crippen LogP contribution in [0.2, 0.25) is 0 Å². The fraction of sp³-hybridized carbons (Fsp3) is 0.231. The van der Waals surface area contributed by atoms with E-state index in [1.165, 1.54) is 11.1 Å². The summed E-state index contributed by atoms with van der Waals surface area (Å²) in [5.74, 6) is -0.204. The van der Waals surface area contributed by atoms with Crippen molar-refractivity contribution in [3.05, 3.63) is 156 Å². The molecule has 81 heavy (non-hydrogen) atoms. The van der Waals surface area contributed by atoms with Crippen LogP contribution in [0, 0.1) is 83.3 Å². The fourth-order valence-corrected chi connectivity index (χ4v) is 10.3. The van der Waals surface area contributed by atoms with Crippen LogP contribution in [-0.4, -0.2) is 37.7 Å². The number of nitriles is 3. The van der Waals surface area contributed by atoms with E-state index in [1.54, 1.807) is 18.6 Å². The van der Waals surface area contributed by atoms with Gasteiger partial charge in [-0.2, -0.15) is 15.8 Å². The van der Waals surface area contributed by atoms with Crippen molar-refractivity contribution in [1.29, 1.82) is 15.8 Å². The van der Waals surface area contributed by atoms with E-state index in [2.05, 4.69) is 104 Å². The Kier molecular flexibility index (Phi) is 15.4. The highest BCUT2D eigenvalue weighted by Crippen LogP contribution is 2.41. The van der Waals surface area contributed by atoms with Gasteiger partial charge in [-0.3, -0.25) is 19.4 Å². The number of carbonyl (C=O) groups is 3. The molecule has 3 aliphatic rings. The summed E-state index contributed by atoms with van der Waals surface area (Å²) in [7, 11) is 0. The molecule has 0 unspecified atom stereocenters. The Labute approximate surface area is 469 Å². The SMILES string of the molecule is CCc1ccccc1-c1cc(N)c2cnc(NC(=O)[C@H]3C[C@@H]3C#N)cc2c1.CCc1ccccc1-c1cc(N)c2cnc(NC(=O)[C@H]3C[C@H]3C#N)cc2c1.Cc1cc(C)c(-c2cc(N)c3cnc(NC(=O)[C@@H]4C[C@H]4C#N)cc3c2)cn1. The summed E-state index contributed by atoms with van der Waals surface area (Å²) >= 11 is 0. The number of hydrogen-bond donors (Lipinski definition) is 6. The van der Waals surface area contributed by atoms with E-state index in [9.17, 15) is 14.4 Å². The number of nitrogens with one attached hydrogen (secondary N) is 3. The van der Waals surface area contributed by atoms with Gasteiger partial charge in [-0.1, -0.05) is 62.4 Å². The average Bonchev–Trinajstić information content (AvgIpc) is 4.49. The number of benzene rings is 5. The minimum Gasteiger partial charge on any atom is -0.398 e. The average molecular weight is 1070 g/mol. The molecular formula is C65H59N13O3. The van der Waals surface area contributed by atoms with Crippen molar-refractivity contribution in [1.82, 2.24) is 19.9 Å². The first kappa shape index (κ1) is 54.1. The predicted molar refractivity (Wildman–Crippen MR) is 318 cm³/mol. The minimum atomic E-state index is -0.231. The highest BCUT2D eigenvalue weighted by atomic mass is 16.2. The number of fused-ring (bicyclic) bond motifs is 3. The van der Waals surface area contributed by atoms with E-state index in [0.717, 1.165) is 89.8 Å². The van der Waals surface area contributed by atoms with Gasteiger partial charge in [0.05, 0.1) is 53.7 Å². The second kappa shape index (κ2) is 23.0. The molecule has 402 valence electrons. The number of carbonyl (C=O) groups excluding carboxylic acids is 3. The van der Waals surface area contributed by atoms with Crippen LogP contribution in [0.3, 0.4) is 0 Å². The molecule has 12 rings (SSSR count). The second-order valence-electron chi connectivity index (χ2n) is 20.9. The maximum Gasteiger partial charge on any atom is 0.230 e. The number of anilines is 6. The molecule has 4 heterocycles. The molecule has 0 aliphatic heterocycles. The first-order chi connectivity index (χ1) is 39.2. The van der Waals surface area contributed by atoms with Gasteiger partial charge in [0.25, 0.3) is 0 Å². The van der Waals surface area contributed by atoms with Gasteiger partial charge in [0.1, 0.15) is 17.5 Å². The Morgan fingerprint density at radius 3 is 1.15 bits per heavy atom. The smallest absolute Gasteiger partial charge is 0.230 e. The zero-order valence-corrected chi connectivity index (χ0v) is 45.3. The number of amides is 3. The molecule has 6 atom stereocenters. The molecule has 5 aromatic carbocycles. The summed E-state index contributed by atoms with van der Waals surface area (Å²) in [4.78, 5) is 53.9. The van der Waals surface area contributed by atoms with E-state index >= 15 is 0 Å². The second-order valence-corrected chi connectivity index (χ2v) is 20.9. The van der Waals surface area contributed by atoms with Crippen LogP contribution in [0.25, 0.3) is 65.7 Å². The van der Waals surface area contributed by atoms with Crippen molar-refractivity contribution in [2.24, 2.45) is 35.5 Å². The maximum absolute atomic E-state index is 12.2. The van der Waals surface area contributed by atoms with Gasteiger partial charge in [0, 0.05) is 69.3 Å². The van der Waals surface area contributed by atoms with Crippen LogP contribution in [0.15, 0.2) is 134 Å². The summed E-state index contributed by atoms with van der Waals surface area (Å²) < 4.78 is 0. The number of aryl methyl sites for hydroxylation is 4. The van der Waals surface area contributed by atoms with E-state index in [1.807, 2.05) is 92.8 Å².